The number of amides is 1. The van der Waals surface area contributed by atoms with E-state index in [2.05, 4.69) is 10.2 Å². The van der Waals surface area contributed by atoms with Crippen LogP contribution in [0.1, 0.15) is 40.5 Å². The van der Waals surface area contributed by atoms with Crippen molar-refractivity contribution in [2.45, 2.75) is 26.8 Å². The average Bonchev–Trinajstić information content (AvgIpc) is 3.08. The molecule has 2 aromatic heterocycles. The first kappa shape index (κ1) is 14.4. The van der Waals surface area contributed by atoms with Gasteiger partial charge in [0.2, 0.25) is 0 Å². The molecule has 0 radical (unpaired) electrons. The van der Waals surface area contributed by atoms with Gasteiger partial charge < -0.3 is 9.32 Å². The molecule has 0 aliphatic heterocycles. The Morgan fingerprint density at radius 2 is 2.05 bits per heavy atom. The molecule has 5 nitrogen and oxygen atoms in total. The van der Waals surface area contributed by atoms with E-state index in [9.17, 15) is 4.79 Å². The van der Waals surface area contributed by atoms with Crippen LogP contribution in [0, 0.1) is 13.8 Å². The Hall–Kier alpha value is -2.56. The predicted octanol–water partition coefficient (Wildman–Crippen LogP) is 3.61. The highest BCUT2D eigenvalue weighted by atomic mass is 16.3. The van der Waals surface area contributed by atoms with Crippen molar-refractivity contribution in [1.29, 1.82) is 0 Å². The second kappa shape index (κ2) is 5.33. The van der Waals surface area contributed by atoms with Crippen LogP contribution in [0.4, 0.5) is 0 Å². The largest absolute Gasteiger partial charge is 0.451 e. The number of para-hydroxylation sites is 1. The number of aromatic amines is 1. The Balaban J connectivity index is 1.91. The van der Waals surface area contributed by atoms with Gasteiger partial charge in [-0.3, -0.25) is 9.89 Å². The van der Waals surface area contributed by atoms with Crippen molar-refractivity contribution in [2.24, 2.45) is 0 Å². The zero-order chi connectivity index (χ0) is 15.9. The molecule has 1 aromatic carbocycles. The van der Waals surface area contributed by atoms with Gasteiger partial charge >= 0.3 is 0 Å². The molecule has 1 unspecified atom stereocenters. The number of benzene rings is 1. The maximum absolute atomic E-state index is 12.7. The zero-order valence-electron chi connectivity index (χ0n) is 13.2. The quantitative estimate of drug-likeness (QED) is 0.803. The monoisotopic (exact) mass is 297 g/mol. The number of carbonyl (C=O) groups excluding carboxylic acids is 1. The van der Waals surface area contributed by atoms with Gasteiger partial charge in [0.25, 0.3) is 5.91 Å². The number of carbonyl (C=O) groups is 1. The molecule has 2 heterocycles. The first-order chi connectivity index (χ1) is 10.5. The molecule has 0 aliphatic carbocycles. The molecule has 0 spiro atoms. The van der Waals surface area contributed by atoms with Crippen LogP contribution in [-0.2, 0) is 0 Å². The molecule has 0 fully saturated rings. The highest BCUT2D eigenvalue weighted by Crippen LogP contribution is 2.27. The first-order valence-corrected chi connectivity index (χ1v) is 7.26. The fraction of sp³-hybridized carbons (Fsp3) is 0.294. The molecule has 1 atom stereocenters. The van der Waals surface area contributed by atoms with E-state index >= 15 is 0 Å². The average molecular weight is 297 g/mol. The summed E-state index contributed by atoms with van der Waals surface area (Å²) in [5.41, 5.74) is 3.66. The zero-order valence-corrected chi connectivity index (χ0v) is 13.2. The lowest BCUT2D eigenvalue weighted by Crippen LogP contribution is -2.29. The summed E-state index contributed by atoms with van der Waals surface area (Å²) in [5, 5.41) is 8.09. The molecule has 0 aliphatic rings. The van der Waals surface area contributed by atoms with Crippen LogP contribution in [0.2, 0.25) is 0 Å². The lowest BCUT2D eigenvalue weighted by Gasteiger charge is -2.24. The van der Waals surface area contributed by atoms with E-state index in [-0.39, 0.29) is 11.9 Å². The number of aromatic nitrogens is 2. The smallest absolute Gasteiger partial charge is 0.289 e. The summed E-state index contributed by atoms with van der Waals surface area (Å²) in [6, 6.07) is 9.32. The van der Waals surface area contributed by atoms with E-state index in [1.54, 1.807) is 18.0 Å². The SMILES string of the molecule is Cc1n[nH]c(C)c1C(C)N(C)C(=O)c1cc2ccccc2o1. The van der Waals surface area contributed by atoms with Crippen LogP contribution in [0.25, 0.3) is 11.0 Å². The summed E-state index contributed by atoms with van der Waals surface area (Å²) in [5.74, 6) is 0.220. The number of nitrogens with one attached hydrogen (secondary N) is 1. The minimum Gasteiger partial charge on any atom is -0.451 e. The molecule has 1 amide bonds. The molecule has 0 saturated heterocycles. The molecule has 1 N–H and O–H groups in total. The maximum atomic E-state index is 12.7. The van der Waals surface area contributed by atoms with Gasteiger partial charge in [0.05, 0.1) is 11.7 Å². The van der Waals surface area contributed by atoms with E-state index in [0.29, 0.717) is 5.76 Å². The van der Waals surface area contributed by atoms with Crippen molar-refractivity contribution in [2.75, 3.05) is 7.05 Å². The molecule has 0 bridgehead atoms. The lowest BCUT2D eigenvalue weighted by atomic mass is 10.1. The van der Waals surface area contributed by atoms with Gasteiger partial charge in [-0.2, -0.15) is 5.10 Å². The van der Waals surface area contributed by atoms with E-state index in [4.69, 9.17) is 4.42 Å². The molecular weight excluding hydrogens is 278 g/mol. The summed E-state index contributed by atoms with van der Waals surface area (Å²) >= 11 is 0. The van der Waals surface area contributed by atoms with Gasteiger partial charge in [-0.1, -0.05) is 18.2 Å². The predicted molar refractivity (Wildman–Crippen MR) is 84.8 cm³/mol. The standard InChI is InChI=1S/C17H19N3O2/c1-10-16(11(2)19-18-10)12(3)20(4)17(21)15-9-13-7-5-6-8-14(13)22-15/h5-9,12H,1-4H3,(H,18,19). The topological polar surface area (TPSA) is 62.1 Å². The molecular formula is C17H19N3O2. The lowest BCUT2D eigenvalue weighted by molar-refractivity contribution is 0.0712. The third kappa shape index (κ3) is 2.28. The molecule has 22 heavy (non-hydrogen) atoms. The summed E-state index contributed by atoms with van der Waals surface area (Å²) < 4.78 is 5.66. The molecule has 114 valence electrons. The van der Waals surface area contributed by atoms with Crippen molar-refractivity contribution in [1.82, 2.24) is 15.1 Å². The number of furan rings is 1. The Kier molecular flexibility index (Phi) is 3.48. The Bertz CT molecular complexity index is 779. The Morgan fingerprint density at radius 3 is 2.68 bits per heavy atom. The first-order valence-electron chi connectivity index (χ1n) is 7.26. The highest BCUT2D eigenvalue weighted by molar-refractivity contribution is 5.96. The molecule has 5 heteroatoms. The van der Waals surface area contributed by atoms with Crippen molar-refractivity contribution >= 4 is 16.9 Å². The van der Waals surface area contributed by atoms with E-state index in [1.165, 1.54) is 0 Å². The van der Waals surface area contributed by atoms with Gasteiger partial charge in [-0.25, -0.2) is 0 Å². The van der Waals surface area contributed by atoms with Crippen molar-refractivity contribution in [3.8, 4) is 0 Å². The van der Waals surface area contributed by atoms with Crippen LogP contribution < -0.4 is 0 Å². The number of aryl methyl sites for hydroxylation is 2. The summed E-state index contributed by atoms with van der Waals surface area (Å²) in [4.78, 5) is 14.4. The fourth-order valence-electron chi connectivity index (χ4n) is 2.81. The summed E-state index contributed by atoms with van der Waals surface area (Å²) in [6.07, 6.45) is 0. The third-order valence-corrected chi connectivity index (χ3v) is 4.14. The highest BCUT2D eigenvalue weighted by Gasteiger charge is 2.25. The second-order valence-electron chi connectivity index (χ2n) is 5.59. The van der Waals surface area contributed by atoms with Gasteiger partial charge in [0.1, 0.15) is 5.58 Å². The maximum Gasteiger partial charge on any atom is 0.289 e. The number of fused-ring (bicyclic) bond motifs is 1. The minimum absolute atomic E-state index is 0.0838. The normalized spacial score (nSPS) is 12.5. The summed E-state index contributed by atoms with van der Waals surface area (Å²) in [7, 11) is 1.78. The summed E-state index contributed by atoms with van der Waals surface area (Å²) in [6.45, 7) is 5.89. The third-order valence-electron chi connectivity index (χ3n) is 4.14. The van der Waals surface area contributed by atoms with Crippen molar-refractivity contribution < 1.29 is 9.21 Å². The second-order valence-corrected chi connectivity index (χ2v) is 5.59. The Morgan fingerprint density at radius 1 is 1.32 bits per heavy atom. The van der Waals surface area contributed by atoms with Gasteiger partial charge in [0.15, 0.2) is 5.76 Å². The van der Waals surface area contributed by atoms with Crippen LogP contribution in [0.15, 0.2) is 34.7 Å². The van der Waals surface area contributed by atoms with E-state index in [0.717, 1.165) is 27.9 Å². The Labute approximate surface area is 128 Å². The van der Waals surface area contributed by atoms with Gasteiger partial charge in [0, 0.05) is 23.7 Å². The number of hydrogen-bond acceptors (Lipinski definition) is 3. The van der Waals surface area contributed by atoms with Gasteiger partial charge in [-0.15, -0.1) is 0 Å². The van der Waals surface area contributed by atoms with Crippen LogP contribution in [0.5, 0.6) is 0 Å². The van der Waals surface area contributed by atoms with Crippen LogP contribution in [-0.4, -0.2) is 28.1 Å². The number of H-pyrrole nitrogens is 1. The van der Waals surface area contributed by atoms with Crippen LogP contribution in [0.3, 0.4) is 0 Å². The van der Waals surface area contributed by atoms with Crippen molar-refractivity contribution in [3.05, 3.63) is 53.0 Å². The van der Waals surface area contributed by atoms with Crippen LogP contribution >= 0.6 is 0 Å². The van der Waals surface area contributed by atoms with Gasteiger partial charge in [-0.05, 0) is 32.9 Å². The number of hydrogen-bond donors (Lipinski definition) is 1. The minimum atomic E-state index is -0.135. The molecule has 3 aromatic rings. The number of rotatable bonds is 3. The van der Waals surface area contributed by atoms with E-state index in [1.807, 2.05) is 45.0 Å². The number of nitrogens with zero attached hydrogens (tertiary/aromatic N) is 2. The molecule has 3 rings (SSSR count). The van der Waals surface area contributed by atoms with E-state index < -0.39 is 0 Å². The fourth-order valence-corrected chi connectivity index (χ4v) is 2.81. The molecule has 0 saturated carbocycles. The van der Waals surface area contributed by atoms with Crippen molar-refractivity contribution in [3.63, 3.8) is 0 Å².